The predicted molar refractivity (Wildman–Crippen MR) is 71.0 cm³/mol. The second kappa shape index (κ2) is 7.67. The van der Waals surface area contributed by atoms with Crippen LogP contribution in [-0.4, -0.2) is 49.1 Å². The van der Waals surface area contributed by atoms with E-state index in [2.05, 4.69) is 17.6 Å². The Morgan fingerprint density at radius 3 is 2.71 bits per heavy atom. The highest BCUT2D eigenvalue weighted by Gasteiger charge is 2.17. The molecule has 1 amide bonds. The molecule has 1 saturated heterocycles. The molecule has 4 nitrogen and oxygen atoms in total. The maximum absolute atomic E-state index is 11.8. The monoisotopic (exact) mass is 241 g/mol. The van der Waals surface area contributed by atoms with Crippen LogP contribution in [0, 0.1) is 0 Å². The summed E-state index contributed by atoms with van der Waals surface area (Å²) in [5.74, 6) is 0.209. The number of carbonyl (C=O) groups is 1. The van der Waals surface area contributed by atoms with Crippen LogP contribution in [0.2, 0.25) is 0 Å². The van der Waals surface area contributed by atoms with Gasteiger partial charge in [0.1, 0.15) is 0 Å². The minimum Gasteiger partial charge on any atom is -0.342 e. The summed E-state index contributed by atoms with van der Waals surface area (Å²) in [6, 6.07) is 1.05. The van der Waals surface area contributed by atoms with Gasteiger partial charge in [-0.1, -0.05) is 0 Å². The molecule has 0 aromatic carbocycles. The number of hydrogen-bond donors (Lipinski definition) is 2. The van der Waals surface area contributed by atoms with Crippen molar-refractivity contribution in [1.82, 2.24) is 15.5 Å². The van der Waals surface area contributed by atoms with E-state index in [1.54, 1.807) is 0 Å². The Balaban J connectivity index is 2.17. The molecular weight excluding hydrogens is 214 g/mol. The van der Waals surface area contributed by atoms with E-state index >= 15 is 0 Å². The van der Waals surface area contributed by atoms with Crippen molar-refractivity contribution in [1.29, 1.82) is 0 Å². The molecule has 17 heavy (non-hydrogen) atoms. The van der Waals surface area contributed by atoms with E-state index in [-0.39, 0.29) is 5.91 Å². The van der Waals surface area contributed by atoms with Crippen molar-refractivity contribution in [3.8, 4) is 0 Å². The van der Waals surface area contributed by atoms with E-state index in [9.17, 15) is 4.79 Å². The Hall–Kier alpha value is -0.610. The molecule has 100 valence electrons. The Kier molecular flexibility index (Phi) is 6.52. The first kappa shape index (κ1) is 14.5. The molecule has 0 aromatic heterocycles. The van der Waals surface area contributed by atoms with E-state index in [1.807, 2.05) is 18.7 Å². The van der Waals surface area contributed by atoms with Crippen molar-refractivity contribution < 1.29 is 4.79 Å². The molecule has 2 atom stereocenters. The molecule has 0 aliphatic carbocycles. The minimum atomic E-state index is 0.209. The maximum Gasteiger partial charge on any atom is 0.236 e. The molecule has 0 aromatic rings. The van der Waals surface area contributed by atoms with Crippen molar-refractivity contribution in [3.63, 3.8) is 0 Å². The quantitative estimate of drug-likeness (QED) is 0.698. The van der Waals surface area contributed by atoms with Crippen molar-refractivity contribution in [2.24, 2.45) is 0 Å². The van der Waals surface area contributed by atoms with Gasteiger partial charge in [-0.15, -0.1) is 0 Å². The molecule has 0 radical (unpaired) electrons. The summed E-state index contributed by atoms with van der Waals surface area (Å²) in [4.78, 5) is 13.7. The summed E-state index contributed by atoms with van der Waals surface area (Å²) in [7, 11) is 0. The van der Waals surface area contributed by atoms with Crippen LogP contribution >= 0.6 is 0 Å². The highest BCUT2D eigenvalue weighted by atomic mass is 16.2. The molecule has 0 saturated carbocycles. The van der Waals surface area contributed by atoms with E-state index < -0.39 is 0 Å². The van der Waals surface area contributed by atoms with Crippen LogP contribution in [-0.2, 0) is 4.79 Å². The fourth-order valence-corrected chi connectivity index (χ4v) is 2.42. The Bertz CT molecular complexity index is 223. The highest BCUT2D eigenvalue weighted by Crippen LogP contribution is 2.10. The van der Waals surface area contributed by atoms with Crippen molar-refractivity contribution in [2.45, 2.75) is 52.1 Å². The van der Waals surface area contributed by atoms with Crippen molar-refractivity contribution in [2.75, 3.05) is 26.2 Å². The fraction of sp³-hybridized carbons (Fsp3) is 0.923. The third kappa shape index (κ3) is 5.04. The molecule has 1 aliphatic heterocycles. The molecule has 1 rings (SSSR count). The van der Waals surface area contributed by atoms with Gasteiger partial charge in [-0.3, -0.25) is 4.79 Å². The fourth-order valence-electron chi connectivity index (χ4n) is 2.42. The summed E-state index contributed by atoms with van der Waals surface area (Å²) < 4.78 is 0. The SMILES string of the molecule is CCN(CC)C(=O)CNC(C)CC1CCCN1. The number of nitrogens with zero attached hydrogens (tertiary/aromatic N) is 1. The van der Waals surface area contributed by atoms with Gasteiger partial charge >= 0.3 is 0 Å². The zero-order valence-corrected chi connectivity index (χ0v) is 11.5. The number of hydrogen-bond acceptors (Lipinski definition) is 3. The van der Waals surface area contributed by atoms with E-state index in [0.29, 0.717) is 18.6 Å². The molecule has 1 fully saturated rings. The largest absolute Gasteiger partial charge is 0.342 e. The Morgan fingerprint density at radius 1 is 1.47 bits per heavy atom. The third-order valence-electron chi connectivity index (χ3n) is 3.52. The van der Waals surface area contributed by atoms with Crippen LogP contribution in [0.25, 0.3) is 0 Å². The molecule has 1 heterocycles. The molecule has 0 spiro atoms. The average molecular weight is 241 g/mol. The zero-order chi connectivity index (χ0) is 12.7. The van der Waals surface area contributed by atoms with Crippen LogP contribution < -0.4 is 10.6 Å². The Morgan fingerprint density at radius 2 is 2.18 bits per heavy atom. The van der Waals surface area contributed by atoms with Crippen molar-refractivity contribution in [3.05, 3.63) is 0 Å². The second-order valence-corrected chi connectivity index (χ2v) is 4.88. The Labute approximate surface area is 105 Å². The minimum absolute atomic E-state index is 0.209. The lowest BCUT2D eigenvalue weighted by molar-refractivity contribution is -0.130. The first-order chi connectivity index (χ1) is 8.17. The number of nitrogens with one attached hydrogen (secondary N) is 2. The standard InChI is InChI=1S/C13H27N3O/c1-4-16(5-2)13(17)10-15-11(3)9-12-7-6-8-14-12/h11-12,14-15H,4-10H2,1-3H3. The second-order valence-electron chi connectivity index (χ2n) is 4.88. The summed E-state index contributed by atoms with van der Waals surface area (Å²) in [5, 5.41) is 6.81. The van der Waals surface area contributed by atoms with Gasteiger partial charge in [0.15, 0.2) is 0 Å². The van der Waals surface area contributed by atoms with Gasteiger partial charge in [0.2, 0.25) is 5.91 Å². The molecule has 4 heteroatoms. The maximum atomic E-state index is 11.8. The van der Waals surface area contributed by atoms with Gasteiger partial charge in [-0.25, -0.2) is 0 Å². The molecule has 2 unspecified atom stereocenters. The number of likely N-dealkylation sites (N-methyl/N-ethyl adjacent to an activating group) is 1. The topological polar surface area (TPSA) is 44.4 Å². The number of rotatable bonds is 7. The van der Waals surface area contributed by atoms with Crippen LogP contribution in [0.4, 0.5) is 0 Å². The molecule has 0 bridgehead atoms. The summed E-state index contributed by atoms with van der Waals surface area (Å²) in [5.41, 5.74) is 0. The van der Waals surface area contributed by atoms with Gasteiger partial charge in [-0.2, -0.15) is 0 Å². The average Bonchev–Trinajstić information content (AvgIpc) is 2.81. The van der Waals surface area contributed by atoms with Crippen LogP contribution in [0.3, 0.4) is 0 Å². The lowest BCUT2D eigenvalue weighted by Gasteiger charge is -2.22. The highest BCUT2D eigenvalue weighted by molar-refractivity contribution is 5.78. The lowest BCUT2D eigenvalue weighted by atomic mass is 10.1. The summed E-state index contributed by atoms with van der Waals surface area (Å²) in [6.45, 7) is 9.42. The van der Waals surface area contributed by atoms with Gasteiger partial charge in [0.05, 0.1) is 6.54 Å². The normalized spacial score (nSPS) is 21.5. The van der Waals surface area contributed by atoms with Gasteiger partial charge < -0.3 is 15.5 Å². The molecular formula is C13H27N3O. The first-order valence-corrected chi connectivity index (χ1v) is 6.91. The first-order valence-electron chi connectivity index (χ1n) is 6.91. The lowest BCUT2D eigenvalue weighted by Crippen LogP contribution is -2.42. The van der Waals surface area contributed by atoms with Gasteiger partial charge in [0, 0.05) is 25.2 Å². The number of amides is 1. The molecule has 1 aliphatic rings. The van der Waals surface area contributed by atoms with E-state index in [0.717, 1.165) is 26.1 Å². The third-order valence-corrected chi connectivity index (χ3v) is 3.52. The van der Waals surface area contributed by atoms with Crippen LogP contribution in [0.1, 0.15) is 40.0 Å². The zero-order valence-electron chi connectivity index (χ0n) is 11.5. The van der Waals surface area contributed by atoms with Crippen LogP contribution in [0.5, 0.6) is 0 Å². The summed E-state index contributed by atoms with van der Waals surface area (Å²) in [6.07, 6.45) is 3.68. The summed E-state index contributed by atoms with van der Waals surface area (Å²) >= 11 is 0. The van der Waals surface area contributed by atoms with Gasteiger partial charge in [-0.05, 0) is 46.6 Å². The predicted octanol–water partition coefficient (Wildman–Crippen LogP) is 0.975. The smallest absolute Gasteiger partial charge is 0.236 e. The van der Waals surface area contributed by atoms with Crippen LogP contribution in [0.15, 0.2) is 0 Å². The van der Waals surface area contributed by atoms with E-state index in [1.165, 1.54) is 12.8 Å². The molecule has 2 N–H and O–H groups in total. The number of carbonyl (C=O) groups excluding carboxylic acids is 1. The van der Waals surface area contributed by atoms with Gasteiger partial charge in [0.25, 0.3) is 0 Å². The van der Waals surface area contributed by atoms with Crippen molar-refractivity contribution >= 4 is 5.91 Å². The van der Waals surface area contributed by atoms with E-state index in [4.69, 9.17) is 0 Å².